The molecule has 26 heavy (non-hydrogen) atoms. The second-order valence-electron chi connectivity index (χ2n) is 6.27. The molecule has 0 bridgehead atoms. The minimum absolute atomic E-state index is 0.0193. The van der Waals surface area contributed by atoms with Gasteiger partial charge in [0.2, 0.25) is 5.91 Å². The van der Waals surface area contributed by atoms with Gasteiger partial charge in [-0.1, -0.05) is 19.1 Å². The van der Waals surface area contributed by atoms with Crippen molar-refractivity contribution in [1.29, 1.82) is 0 Å². The van der Waals surface area contributed by atoms with Crippen molar-refractivity contribution in [1.82, 2.24) is 9.80 Å². The Kier molecular flexibility index (Phi) is 7.72. The molecule has 1 heterocycles. The summed E-state index contributed by atoms with van der Waals surface area (Å²) < 4.78 is 16.3. The number of nitrogens with zero attached hydrogens (tertiary/aromatic N) is 2. The first-order valence-electron chi connectivity index (χ1n) is 8.93. The van der Waals surface area contributed by atoms with Gasteiger partial charge in [0.15, 0.2) is 18.1 Å². The van der Waals surface area contributed by atoms with Crippen LogP contribution in [0.3, 0.4) is 0 Å². The average molecular weight is 364 g/mol. The molecule has 1 atom stereocenters. The molecule has 1 fully saturated rings. The zero-order valence-corrected chi connectivity index (χ0v) is 15.8. The van der Waals surface area contributed by atoms with Gasteiger partial charge in [-0.3, -0.25) is 9.59 Å². The van der Waals surface area contributed by atoms with Crippen LogP contribution in [-0.2, 0) is 14.3 Å². The third kappa shape index (κ3) is 5.36. The predicted molar refractivity (Wildman–Crippen MR) is 97.4 cm³/mol. The van der Waals surface area contributed by atoms with E-state index in [1.807, 2.05) is 19.1 Å². The monoisotopic (exact) mass is 364 g/mol. The number of amides is 2. The molecule has 7 heteroatoms. The zero-order chi connectivity index (χ0) is 18.9. The summed E-state index contributed by atoms with van der Waals surface area (Å²) >= 11 is 0. The van der Waals surface area contributed by atoms with Gasteiger partial charge in [-0.25, -0.2) is 0 Å². The van der Waals surface area contributed by atoms with Crippen LogP contribution in [0.15, 0.2) is 24.3 Å². The Labute approximate surface area is 154 Å². The van der Waals surface area contributed by atoms with Crippen molar-refractivity contribution in [2.75, 3.05) is 47.1 Å². The van der Waals surface area contributed by atoms with Crippen LogP contribution in [0.4, 0.5) is 0 Å². The van der Waals surface area contributed by atoms with Crippen molar-refractivity contribution in [3.8, 4) is 11.5 Å². The topological polar surface area (TPSA) is 68.3 Å². The molecule has 0 aromatic heterocycles. The van der Waals surface area contributed by atoms with Gasteiger partial charge in [-0.05, 0) is 18.6 Å². The molecule has 0 N–H and O–H groups in total. The average Bonchev–Trinajstić information content (AvgIpc) is 2.66. The van der Waals surface area contributed by atoms with E-state index in [1.54, 1.807) is 36.1 Å². The molecule has 1 aromatic carbocycles. The van der Waals surface area contributed by atoms with Gasteiger partial charge < -0.3 is 24.0 Å². The lowest BCUT2D eigenvalue weighted by atomic mass is 10.1. The maximum Gasteiger partial charge on any atom is 0.260 e. The summed E-state index contributed by atoms with van der Waals surface area (Å²) in [6.45, 7) is 3.93. The van der Waals surface area contributed by atoms with E-state index in [9.17, 15) is 9.59 Å². The van der Waals surface area contributed by atoms with Crippen LogP contribution in [0.25, 0.3) is 0 Å². The highest BCUT2D eigenvalue weighted by Gasteiger charge is 2.30. The van der Waals surface area contributed by atoms with Crippen molar-refractivity contribution < 1.29 is 23.8 Å². The van der Waals surface area contributed by atoms with E-state index >= 15 is 0 Å². The van der Waals surface area contributed by atoms with Gasteiger partial charge in [-0.15, -0.1) is 0 Å². The maximum atomic E-state index is 12.6. The molecule has 1 aliphatic heterocycles. The van der Waals surface area contributed by atoms with Gasteiger partial charge in [-0.2, -0.15) is 0 Å². The number of para-hydroxylation sites is 2. The van der Waals surface area contributed by atoms with Gasteiger partial charge >= 0.3 is 0 Å². The fourth-order valence-corrected chi connectivity index (χ4v) is 2.93. The molecule has 0 saturated carbocycles. The Bertz CT molecular complexity index is 607. The number of rotatable bonds is 8. The number of methoxy groups -OCH3 is 1. The fraction of sp³-hybridized carbons (Fsp3) is 0.579. The van der Waals surface area contributed by atoms with Crippen LogP contribution in [0.5, 0.6) is 11.5 Å². The number of carbonyl (C=O) groups excluding carboxylic acids is 2. The van der Waals surface area contributed by atoms with E-state index in [0.29, 0.717) is 37.8 Å². The lowest BCUT2D eigenvalue weighted by Gasteiger charge is -2.36. The summed E-state index contributed by atoms with van der Waals surface area (Å²) in [5.41, 5.74) is 0. The minimum Gasteiger partial charge on any atom is -0.493 e. The van der Waals surface area contributed by atoms with E-state index in [0.717, 1.165) is 6.42 Å². The second kappa shape index (κ2) is 10.0. The SMILES string of the molecule is CCCN(C)C(=O)CC1COCCN1C(=O)COc1ccccc1OC. The molecule has 1 aromatic rings. The molecule has 0 spiro atoms. The van der Waals surface area contributed by atoms with E-state index in [4.69, 9.17) is 14.2 Å². The largest absolute Gasteiger partial charge is 0.493 e. The number of hydrogen-bond donors (Lipinski definition) is 0. The number of carbonyl (C=O) groups is 2. The van der Waals surface area contributed by atoms with Crippen LogP contribution in [0.1, 0.15) is 19.8 Å². The molecular weight excluding hydrogens is 336 g/mol. The highest BCUT2D eigenvalue weighted by Crippen LogP contribution is 2.25. The Morgan fingerprint density at radius 3 is 2.73 bits per heavy atom. The van der Waals surface area contributed by atoms with Crippen molar-refractivity contribution >= 4 is 11.8 Å². The van der Waals surface area contributed by atoms with E-state index in [-0.39, 0.29) is 30.9 Å². The van der Waals surface area contributed by atoms with Crippen LogP contribution in [0.2, 0.25) is 0 Å². The fourth-order valence-electron chi connectivity index (χ4n) is 2.93. The molecule has 1 aliphatic rings. The van der Waals surface area contributed by atoms with Gasteiger partial charge in [0.05, 0.1) is 26.4 Å². The summed E-state index contributed by atoms with van der Waals surface area (Å²) in [4.78, 5) is 28.3. The minimum atomic E-state index is -0.260. The number of morpholine rings is 1. The van der Waals surface area contributed by atoms with Crippen molar-refractivity contribution in [3.63, 3.8) is 0 Å². The number of ether oxygens (including phenoxy) is 3. The van der Waals surface area contributed by atoms with E-state index < -0.39 is 0 Å². The standard InChI is InChI=1S/C19H28N2O5/c1-4-9-20(2)18(22)12-15-13-25-11-10-21(15)19(23)14-26-17-8-6-5-7-16(17)24-3/h5-8,15H,4,9-14H2,1-3H3. The summed E-state index contributed by atoms with van der Waals surface area (Å²) in [5.74, 6) is 0.961. The smallest absolute Gasteiger partial charge is 0.260 e. The summed E-state index contributed by atoms with van der Waals surface area (Å²) in [6, 6.07) is 6.93. The highest BCUT2D eigenvalue weighted by atomic mass is 16.5. The van der Waals surface area contributed by atoms with Gasteiger partial charge in [0, 0.05) is 26.6 Å². The molecule has 1 unspecified atom stereocenters. The Balaban J connectivity index is 1.95. The normalized spacial score (nSPS) is 16.9. The molecule has 0 aliphatic carbocycles. The molecule has 7 nitrogen and oxygen atoms in total. The molecule has 144 valence electrons. The summed E-state index contributed by atoms with van der Waals surface area (Å²) in [5, 5.41) is 0. The van der Waals surface area contributed by atoms with Crippen LogP contribution in [0, 0.1) is 0 Å². The van der Waals surface area contributed by atoms with Crippen LogP contribution >= 0.6 is 0 Å². The number of hydrogen-bond acceptors (Lipinski definition) is 5. The van der Waals surface area contributed by atoms with E-state index in [1.165, 1.54) is 0 Å². The van der Waals surface area contributed by atoms with Crippen LogP contribution < -0.4 is 9.47 Å². The lowest BCUT2D eigenvalue weighted by molar-refractivity contribution is -0.145. The Morgan fingerprint density at radius 2 is 2.04 bits per heavy atom. The highest BCUT2D eigenvalue weighted by molar-refractivity contribution is 5.81. The first-order valence-corrected chi connectivity index (χ1v) is 8.93. The first-order chi connectivity index (χ1) is 12.6. The van der Waals surface area contributed by atoms with Crippen molar-refractivity contribution in [2.45, 2.75) is 25.8 Å². The number of benzene rings is 1. The second-order valence-corrected chi connectivity index (χ2v) is 6.27. The van der Waals surface area contributed by atoms with E-state index in [2.05, 4.69) is 0 Å². The quantitative estimate of drug-likeness (QED) is 0.700. The predicted octanol–water partition coefficient (Wildman–Crippen LogP) is 1.56. The third-order valence-corrected chi connectivity index (χ3v) is 4.36. The lowest BCUT2D eigenvalue weighted by Crippen LogP contribution is -2.52. The molecule has 2 amide bonds. The first kappa shape index (κ1) is 20.0. The molecular formula is C19H28N2O5. The maximum absolute atomic E-state index is 12.6. The van der Waals surface area contributed by atoms with Gasteiger partial charge in [0.25, 0.3) is 5.91 Å². The third-order valence-electron chi connectivity index (χ3n) is 4.36. The van der Waals surface area contributed by atoms with Crippen molar-refractivity contribution in [3.05, 3.63) is 24.3 Å². The van der Waals surface area contributed by atoms with Gasteiger partial charge in [0.1, 0.15) is 0 Å². The summed E-state index contributed by atoms with van der Waals surface area (Å²) in [6.07, 6.45) is 1.16. The molecule has 0 radical (unpaired) electrons. The zero-order valence-electron chi connectivity index (χ0n) is 15.8. The Morgan fingerprint density at radius 1 is 1.31 bits per heavy atom. The van der Waals surface area contributed by atoms with Crippen LogP contribution in [-0.4, -0.2) is 74.7 Å². The Hall–Kier alpha value is -2.28. The molecule has 1 saturated heterocycles. The summed E-state index contributed by atoms with van der Waals surface area (Å²) in [7, 11) is 3.34. The molecule has 2 rings (SSSR count). The van der Waals surface area contributed by atoms with Crippen molar-refractivity contribution in [2.24, 2.45) is 0 Å².